The molecule has 1 heterocycles. The Morgan fingerprint density at radius 3 is 2.57 bits per heavy atom. The first-order valence-electron chi connectivity index (χ1n) is 7.25. The molecule has 2 rings (SSSR count). The van der Waals surface area contributed by atoms with Crippen LogP contribution in [0.25, 0.3) is 0 Å². The predicted octanol–water partition coefficient (Wildman–Crippen LogP) is 1.68. The molecule has 0 fully saturated rings. The van der Waals surface area contributed by atoms with Gasteiger partial charge in [-0.15, -0.1) is 0 Å². The van der Waals surface area contributed by atoms with Crippen molar-refractivity contribution >= 4 is 15.7 Å². The first-order valence-corrected chi connectivity index (χ1v) is 8.90. The highest BCUT2D eigenvalue weighted by Crippen LogP contribution is 2.16. The summed E-state index contributed by atoms with van der Waals surface area (Å²) in [7, 11) is -3.46. The number of aliphatic hydroxyl groups is 1. The van der Waals surface area contributed by atoms with Crippen LogP contribution in [-0.2, 0) is 14.6 Å². The standard InChI is InChI=1S/C16H19NO5S/c18-14(15-7-4-11-22-15)8-10-17-16(19)9-12-23(20,21)13-5-2-1-3-6-13/h1-7,11,14,18H,8-10,12H2,(H,17,19). The minimum absolute atomic E-state index is 0.117. The molecule has 23 heavy (non-hydrogen) atoms. The van der Waals surface area contributed by atoms with Crippen molar-refractivity contribution in [1.82, 2.24) is 5.32 Å². The number of sulfone groups is 1. The summed E-state index contributed by atoms with van der Waals surface area (Å²) >= 11 is 0. The lowest BCUT2D eigenvalue weighted by atomic mass is 10.2. The molecule has 2 N–H and O–H groups in total. The van der Waals surface area contributed by atoms with Gasteiger partial charge in [0.05, 0.1) is 16.9 Å². The number of rotatable bonds is 8. The molecule has 7 heteroatoms. The maximum absolute atomic E-state index is 12.0. The molecule has 1 unspecified atom stereocenters. The van der Waals surface area contributed by atoms with Crippen LogP contribution in [-0.4, -0.2) is 31.7 Å². The summed E-state index contributed by atoms with van der Waals surface area (Å²) in [5, 5.41) is 12.4. The number of hydrogen-bond acceptors (Lipinski definition) is 5. The van der Waals surface area contributed by atoms with E-state index in [1.165, 1.54) is 18.4 Å². The number of amides is 1. The van der Waals surface area contributed by atoms with Crippen molar-refractivity contribution in [3.8, 4) is 0 Å². The van der Waals surface area contributed by atoms with Crippen molar-refractivity contribution in [2.75, 3.05) is 12.3 Å². The van der Waals surface area contributed by atoms with Gasteiger partial charge in [0.25, 0.3) is 0 Å². The van der Waals surface area contributed by atoms with E-state index in [4.69, 9.17) is 4.42 Å². The summed E-state index contributed by atoms with van der Waals surface area (Å²) in [6, 6.07) is 11.4. The Morgan fingerprint density at radius 2 is 1.91 bits per heavy atom. The van der Waals surface area contributed by atoms with E-state index >= 15 is 0 Å². The number of hydrogen-bond donors (Lipinski definition) is 2. The molecule has 6 nitrogen and oxygen atoms in total. The quantitative estimate of drug-likeness (QED) is 0.764. The molecular weight excluding hydrogens is 318 g/mol. The molecule has 2 aromatic rings. The van der Waals surface area contributed by atoms with Gasteiger partial charge in [-0.25, -0.2) is 8.42 Å². The molecular formula is C16H19NO5S. The highest BCUT2D eigenvalue weighted by molar-refractivity contribution is 7.91. The molecule has 0 saturated heterocycles. The van der Waals surface area contributed by atoms with Gasteiger partial charge in [-0.1, -0.05) is 18.2 Å². The van der Waals surface area contributed by atoms with E-state index < -0.39 is 15.9 Å². The minimum Gasteiger partial charge on any atom is -0.467 e. The average molecular weight is 337 g/mol. The van der Waals surface area contributed by atoms with E-state index in [1.54, 1.807) is 30.3 Å². The zero-order valence-electron chi connectivity index (χ0n) is 12.5. The van der Waals surface area contributed by atoms with Crippen LogP contribution in [0.4, 0.5) is 0 Å². The molecule has 0 aliphatic heterocycles. The lowest BCUT2D eigenvalue weighted by Crippen LogP contribution is -2.27. The van der Waals surface area contributed by atoms with E-state index in [9.17, 15) is 18.3 Å². The normalized spacial score (nSPS) is 12.7. The molecule has 0 bridgehead atoms. The molecule has 0 aliphatic rings. The zero-order chi connectivity index (χ0) is 16.7. The van der Waals surface area contributed by atoms with Crippen molar-refractivity contribution in [1.29, 1.82) is 0 Å². The van der Waals surface area contributed by atoms with Crippen LogP contribution >= 0.6 is 0 Å². The number of aliphatic hydroxyl groups excluding tert-OH is 1. The van der Waals surface area contributed by atoms with E-state index in [2.05, 4.69) is 5.32 Å². The maximum Gasteiger partial charge on any atom is 0.221 e. The Hall–Kier alpha value is -2.12. The molecule has 0 spiro atoms. The minimum atomic E-state index is -3.46. The summed E-state index contributed by atoms with van der Waals surface area (Å²) in [4.78, 5) is 11.9. The van der Waals surface area contributed by atoms with Gasteiger partial charge in [0.15, 0.2) is 9.84 Å². The van der Waals surface area contributed by atoms with Gasteiger partial charge >= 0.3 is 0 Å². The smallest absolute Gasteiger partial charge is 0.221 e. The second kappa shape index (κ2) is 7.94. The Bertz CT molecular complexity index is 710. The number of carbonyl (C=O) groups is 1. The molecule has 0 saturated carbocycles. The number of nitrogens with one attached hydrogen (secondary N) is 1. The molecule has 0 radical (unpaired) electrons. The Labute approximate surface area is 135 Å². The zero-order valence-corrected chi connectivity index (χ0v) is 13.3. The fourth-order valence-corrected chi connectivity index (χ4v) is 3.29. The van der Waals surface area contributed by atoms with E-state index in [0.29, 0.717) is 12.2 Å². The third-order valence-corrected chi connectivity index (χ3v) is 5.04. The Kier molecular flexibility index (Phi) is 5.95. The number of furan rings is 1. The second-order valence-corrected chi connectivity index (χ2v) is 7.16. The fraction of sp³-hybridized carbons (Fsp3) is 0.312. The molecule has 1 aromatic carbocycles. The Balaban J connectivity index is 1.73. The molecule has 1 amide bonds. The summed E-state index contributed by atoms with van der Waals surface area (Å²) in [5.74, 6) is -0.175. The summed E-state index contributed by atoms with van der Waals surface area (Å²) < 4.78 is 29.1. The molecule has 1 atom stereocenters. The van der Waals surface area contributed by atoms with Crippen LogP contribution in [0.5, 0.6) is 0 Å². The maximum atomic E-state index is 12.0. The molecule has 0 aliphatic carbocycles. The summed E-state index contributed by atoms with van der Waals surface area (Å²) in [6.07, 6.45) is 0.850. The number of carbonyl (C=O) groups excluding carboxylic acids is 1. The highest BCUT2D eigenvalue weighted by Gasteiger charge is 2.16. The van der Waals surface area contributed by atoms with Gasteiger partial charge in [-0.3, -0.25) is 4.79 Å². The monoisotopic (exact) mass is 337 g/mol. The molecule has 1 aromatic heterocycles. The van der Waals surface area contributed by atoms with E-state index in [1.807, 2.05) is 0 Å². The van der Waals surface area contributed by atoms with Gasteiger partial charge in [-0.2, -0.15) is 0 Å². The van der Waals surface area contributed by atoms with Gasteiger partial charge in [-0.05, 0) is 30.7 Å². The van der Waals surface area contributed by atoms with Crippen LogP contribution in [0.2, 0.25) is 0 Å². The van der Waals surface area contributed by atoms with Crippen LogP contribution < -0.4 is 5.32 Å². The average Bonchev–Trinajstić information content (AvgIpc) is 3.08. The highest BCUT2D eigenvalue weighted by atomic mass is 32.2. The lowest BCUT2D eigenvalue weighted by Gasteiger charge is -2.09. The van der Waals surface area contributed by atoms with E-state index in [0.717, 1.165) is 0 Å². The van der Waals surface area contributed by atoms with Gasteiger partial charge in [0.2, 0.25) is 5.91 Å². The van der Waals surface area contributed by atoms with Crippen LogP contribution in [0, 0.1) is 0 Å². The predicted molar refractivity (Wildman–Crippen MR) is 84.4 cm³/mol. The van der Waals surface area contributed by atoms with Crippen molar-refractivity contribution < 1.29 is 22.7 Å². The second-order valence-electron chi connectivity index (χ2n) is 5.05. The van der Waals surface area contributed by atoms with Crippen LogP contribution in [0.15, 0.2) is 58.0 Å². The molecule has 124 valence electrons. The van der Waals surface area contributed by atoms with Gasteiger partial charge in [0, 0.05) is 13.0 Å². The SMILES string of the molecule is O=C(CCS(=O)(=O)c1ccccc1)NCCC(O)c1ccco1. The third-order valence-electron chi connectivity index (χ3n) is 3.31. The van der Waals surface area contributed by atoms with Crippen LogP contribution in [0.3, 0.4) is 0 Å². The van der Waals surface area contributed by atoms with Gasteiger partial charge < -0.3 is 14.8 Å². The summed E-state index contributed by atoms with van der Waals surface area (Å²) in [5.41, 5.74) is 0. The van der Waals surface area contributed by atoms with Crippen molar-refractivity contribution in [2.45, 2.75) is 23.8 Å². The third kappa shape index (κ3) is 5.22. The van der Waals surface area contributed by atoms with E-state index in [-0.39, 0.29) is 29.5 Å². The number of benzene rings is 1. The van der Waals surface area contributed by atoms with Crippen molar-refractivity contribution in [3.05, 3.63) is 54.5 Å². The lowest BCUT2D eigenvalue weighted by molar-refractivity contribution is -0.120. The summed E-state index contributed by atoms with van der Waals surface area (Å²) in [6.45, 7) is 0.242. The fourth-order valence-electron chi connectivity index (χ4n) is 2.03. The first kappa shape index (κ1) is 17.2. The largest absolute Gasteiger partial charge is 0.467 e. The first-order chi connectivity index (χ1) is 11.0. The van der Waals surface area contributed by atoms with Crippen molar-refractivity contribution in [3.63, 3.8) is 0 Å². The Morgan fingerprint density at radius 1 is 1.17 bits per heavy atom. The van der Waals surface area contributed by atoms with Gasteiger partial charge in [0.1, 0.15) is 11.9 Å². The van der Waals surface area contributed by atoms with Crippen molar-refractivity contribution in [2.24, 2.45) is 0 Å². The topological polar surface area (TPSA) is 96.6 Å². The van der Waals surface area contributed by atoms with Crippen LogP contribution in [0.1, 0.15) is 24.7 Å².